The zero-order valence-electron chi connectivity index (χ0n) is 41.9. The van der Waals surface area contributed by atoms with Gasteiger partial charge in [-0.1, -0.05) is 48.2 Å². The predicted octanol–water partition coefficient (Wildman–Crippen LogP) is 5.72. The molecule has 2 fully saturated rings. The first-order valence-electron chi connectivity index (χ1n) is 23.7. The smallest absolute Gasteiger partial charge is 0.407 e. The number of carboxylic acid groups (broad SMARTS) is 1. The van der Waals surface area contributed by atoms with Crippen LogP contribution in [0.3, 0.4) is 0 Å². The molecular formula is C50H58F8N10O8. The third-order valence-electron chi connectivity index (χ3n) is 13.4. The molecule has 0 unspecified atom stereocenters. The van der Waals surface area contributed by atoms with Crippen LogP contribution in [0.15, 0.2) is 79.3 Å². The summed E-state index contributed by atoms with van der Waals surface area (Å²) in [7, 11) is 0.859. The maximum atomic E-state index is 14.5. The first kappa shape index (κ1) is 58.2. The maximum absolute atomic E-state index is 14.5. The second-order valence-corrected chi connectivity index (χ2v) is 19.4. The predicted molar refractivity (Wildman–Crippen MR) is 258 cm³/mol. The summed E-state index contributed by atoms with van der Waals surface area (Å²) in [5.41, 5.74) is -1.32. The Morgan fingerprint density at radius 2 is 1.36 bits per heavy atom. The third-order valence-corrected chi connectivity index (χ3v) is 13.4. The van der Waals surface area contributed by atoms with Crippen LogP contribution in [0.1, 0.15) is 56.5 Å². The van der Waals surface area contributed by atoms with Gasteiger partial charge in [-0.05, 0) is 75.1 Å². The summed E-state index contributed by atoms with van der Waals surface area (Å²) in [4.78, 5) is 61.2. The molecule has 0 saturated carbocycles. The topological polar surface area (TPSA) is 216 Å². The number of methoxy groups -OCH3 is 1. The van der Waals surface area contributed by atoms with Gasteiger partial charge in [0, 0.05) is 68.4 Å². The van der Waals surface area contributed by atoms with E-state index in [0.29, 0.717) is 60.7 Å². The van der Waals surface area contributed by atoms with Gasteiger partial charge in [-0.25, -0.2) is 24.3 Å². The minimum absolute atomic E-state index is 0.277. The number of hydrazine groups is 1. The van der Waals surface area contributed by atoms with Gasteiger partial charge in [0.1, 0.15) is 17.9 Å². The second-order valence-electron chi connectivity index (χ2n) is 19.4. The Labute approximate surface area is 432 Å². The summed E-state index contributed by atoms with van der Waals surface area (Å²) >= 11 is 0. The van der Waals surface area contributed by atoms with Crippen LogP contribution in [0, 0.1) is 22.7 Å². The lowest BCUT2D eigenvalue weighted by Gasteiger charge is -2.42. The van der Waals surface area contributed by atoms with E-state index in [9.17, 15) is 64.5 Å². The van der Waals surface area contributed by atoms with E-state index in [1.165, 1.54) is 30.5 Å². The lowest BCUT2D eigenvalue weighted by atomic mass is 9.82. The molecule has 4 heterocycles. The maximum Gasteiger partial charge on any atom is 0.407 e. The number of anilines is 1. The lowest BCUT2D eigenvalue weighted by molar-refractivity contribution is -0.221. The Morgan fingerprint density at radius 1 is 0.776 bits per heavy atom. The van der Waals surface area contributed by atoms with Gasteiger partial charge >= 0.3 is 31.1 Å². The normalized spacial score (nSPS) is 16.4. The number of pyridine rings is 1. The van der Waals surface area contributed by atoms with Crippen molar-refractivity contribution in [1.29, 1.82) is 0 Å². The largest absolute Gasteiger partial charge is 0.465 e. The molecule has 2 aromatic heterocycles. The lowest BCUT2D eigenvalue weighted by Crippen LogP contribution is -2.63. The number of aromatic nitrogens is 3. The quantitative estimate of drug-likeness (QED) is 0.0377. The van der Waals surface area contributed by atoms with Gasteiger partial charge in [0.15, 0.2) is 0 Å². The molecule has 412 valence electrons. The van der Waals surface area contributed by atoms with Crippen molar-refractivity contribution in [2.75, 3.05) is 57.9 Å². The highest BCUT2D eigenvalue weighted by atomic mass is 19.4. The van der Waals surface area contributed by atoms with Gasteiger partial charge in [-0.15, -0.1) is 0 Å². The monoisotopic (exact) mass is 1080 g/mol. The number of aliphatic hydroxyl groups excluding tert-OH is 1. The average molecular weight is 1080 g/mol. The van der Waals surface area contributed by atoms with E-state index in [0.717, 1.165) is 63.5 Å². The summed E-state index contributed by atoms with van der Waals surface area (Å²) in [6.07, 6.45) is -12.0. The number of nitrogens with one attached hydrogen (secondary N) is 4. The van der Waals surface area contributed by atoms with Crippen molar-refractivity contribution in [3.8, 4) is 23.0 Å². The molecule has 4 amide bonds. The molecular weight excluding hydrogens is 1020 g/mol. The fourth-order valence-electron chi connectivity index (χ4n) is 8.18. The molecule has 6 N–H and O–H groups in total. The Bertz CT molecular complexity index is 2680. The van der Waals surface area contributed by atoms with E-state index in [2.05, 4.69) is 47.2 Å². The number of amides is 4. The summed E-state index contributed by atoms with van der Waals surface area (Å²) in [5.74, 6) is 3.90. The molecule has 76 heavy (non-hydrogen) atoms. The van der Waals surface area contributed by atoms with Crippen LogP contribution in [0.25, 0.3) is 11.1 Å². The number of alkyl carbamates (subject to hydrolysis) is 1. The number of alkyl halides is 8. The SMILES string of the molecule is COC(=O)N[C@H](C(=O)N[C@@H](Cc1ccc(C#Cc2ccc(N3CCN(C4COC4)CC3)nc2)cc1)[C@@H](O)CN(Cc1ccc(-c2cnn(C(F)F)c2)cc1)NC(=O)[C@@H](NC(=O)O)C(C)(C)C(F)(F)F)C(C)(C)C(F)(F)F. The zero-order valence-corrected chi connectivity index (χ0v) is 41.9. The number of nitrogens with zero attached hydrogens (tertiary/aromatic N) is 6. The van der Waals surface area contributed by atoms with E-state index in [1.807, 2.05) is 17.4 Å². The number of halogens is 8. The number of hydrogen-bond donors (Lipinski definition) is 6. The van der Waals surface area contributed by atoms with Gasteiger partial charge < -0.3 is 40.5 Å². The molecule has 6 rings (SSSR count). The van der Waals surface area contributed by atoms with Crippen molar-refractivity contribution < 1.29 is 74.0 Å². The van der Waals surface area contributed by atoms with Crippen LogP contribution < -0.4 is 26.3 Å². The Balaban J connectivity index is 1.28. The number of hydrogen-bond acceptors (Lipinski definition) is 12. The number of piperazine rings is 1. The van der Waals surface area contributed by atoms with E-state index in [1.54, 1.807) is 35.8 Å². The average Bonchev–Trinajstić information content (AvgIpc) is 3.85. The van der Waals surface area contributed by atoms with Gasteiger partial charge in [0.2, 0.25) is 5.91 Å². The Hall–Kier alpha value is -7.08. The van der Waals surface area contributed by atoms with Crippen molar-refractivity contribution in [3.05, 3.63) is 102 Å². The molecule has 4 aromatic rings. The van der Waals surface area contributed by atoms with Gasteiger partial charge in [0.05, 0.1) is 55.5 Å². The van der Waals surface area contributed by atoms with Crippen LogP contribution in [0.2, 0.25) is 0 Å². The van der Waals surface area contributed by atoms with E-state index in [4.69, 9.17) is 4.74 Å². The summed E-state index contributed by atoms with van der Waals surface area (Å²) in [5, 5.41) is 31.9. The molecule has 26 heteroatoms. The summed E-state index contributed by atoms with van der Waals surface area (Å²) < 4.78 is 123. The molecule has 0 radical (unpaired) electrons. The Morgan fingerprint density at radius 3 is 1.87 bits per heavy atom. The van der Waals surface area contributed by atoms with Crippen molar-refractivity contribution >= 4 is 29.8 Å². The van der Waals surface area contributed by atoms with E-state index in [-0.39, 0.29) is 17.5 Å². The van der Waals surface area contributed by atoms with Crippen LogP contribution in [-0.2, 0) is 32.0 Å². The zero-order chi connectivity index (χ0) is 55.8. The van der Waals surface area contributed by atoms with Crippen LogP contribution in [-0.4, -0.2) is 155 Å². The van der Waals surface area contributed by atoms with Crippen molar-refractivity contribution in [2.24, 2.45) is 10.8 Å². The standard InChI is InChI=1S/C50H58F8N10O8/c1-47(2,49(53,54)55)40(63-46(74)75-5)42(70)61-37(22-31-9-6-30(7-10-31)8-11-32-14-17-39(59-23-32)66-20-18-65(19-21-66)36-28-76-29-36)38(69)27-67(64-43(71)41(62-45(72)73)48(3,4)50(56,57)58)25-33-12-15-34(16-13-33)35-24-60-68(26-35)44(51)52/h6-7,9-10,12-17,23-24,26,36-38,40-41,44,62,69H,18-22,25,27-29H2,1-5H3,(H,61,70)(H,63,74)(H,64,71)(H,72,73)/t37-,38-,40+,41+/m0/s1. The van der Waals surface area contributed by atoms with Crippen LogP contribution in [0.4, 0.5) is 50.5 Å². The number of aliphatic hydroxyl groups is 1. The molecule has 18 nitrogen and oxygen atoms in total. The first-order chi connectivity index (χ1) is 35.7. The second kappa shape index (κ2) is 24.3. The number of carbonyl (C=O) groups excluding carboxylic acids is 3. The molecule has 2 aliphatic heterocycles. The highest BCUT2D eigenvalue weighted by molar-refractivity contribution is 5.87. The summed E-state index contributed by atoms with van der Waals surface area (Å²) in [6, 6.07) is 9.85. The minimum atomic E-state index is -5.16. The highest BCUT2D eigenvalue weighted by Gasteiger charge is 2.57. The van der Waals surface area contributed by atoms with Crippen molar-refractivity contribution in [2.45, 2.75) is 89.8 Å². The molecule has 2 aromatic carbocycles. The molecule has 0 aliphatic carbocycles. The number of benzene rings is 2. The molecule has 4 atom stereocenters. The van der Waals surface area contributed by atoms with Crippen molar-refractivity contribution in [1.82, 2.24) is 46.0 Å². The van der Waals surface area contributed by atoms with Crippen molar-refractivity contribution in [3.63, 3.8) is 0 Å². The number of ether oxygens (including phenoxy) is 2. The fourth-order valence-corrected chi connectivity index (χ4v) is 8.18. The van der Waals surface area contributed by atoms with E-state index < -0.39 is 91.1 Å². The number of carbonyl (C=O) groups is 4. The van der Waals surface area contributed by atoms with Crippen LogP contribution >= 0.6 is 0 Å². The molecule has 2 aliphatic rings. The Kier molecular flexibility index (Phi) is 18.6. The van der Waals surface area contributed by atoms with Gasteiger partial charge in [-0.3, -0.25) is 19.9 Å². The third kappa shape index (κ3) is 14.6. The van der Waals surface area contributed by atoms with E-state index >= 15 is 0 Å². The molecule has 0 spiro atoms. The van der Waals surface area contributed by atoms with Gasteiger partial charge in [0.25, 0.3) is 5.91 Å². The number of rotatable bonds is 19. The van der Waals surface area contributed by atoms with Gasteiger partial charge in [-0.2, -0.15) is 40.2 Å². The molecule has 0 bridgehead atoms. The minimum Gasteiger partial charge on any atom is -0.465 e. The molecule has 2 saturated heterocycles. The fraction of sp³-hybridized carbons (Fsp3) is 0.480. The highest BCUT2D eigenvalue weighted by Crippen LogP contribution is 2.42. The summed E-state index contributed by atoms with van der Waals surface area (Å²) in [6.45, 7) is 3.15. The first-order valence-corrected chi connectivity index (χ1v) is 23.7. The van der Waals surface area contributed by atoms with Crippen LogP contribution in [0.5, 0.6) is 0 Å².